The molecule has 288 valence electrons. The molecule has 0 bridgehead atoms. The highest BCUT2D eigenvalue weighted by atomic mass is 32.1. The van der Waals surface area contributed by atoms with E-state index in [1.54, 1.807) is 0 Å². The molecule has 0 radical (unpaired) electrons. The molecule has 0 aliphatic heterocycles. The van der Waals surface area contributed by atoms with Gasteiger partial charge in [-0.3, -0.25) is 0 Å². The average molecular weight is 800 g/mol. The van der Waals surface area contributed by atoms with Crippen molar-refractivity contribution in [3.8, 4) is 33.4 Å². The molecule has 0 saturated carbocycles. The van der Waals surface area contributed by atoms with Gasteiger partial charge in [0.1, 0.15) is 22.3 Å². The summed E-state index contributed by atoms with van der Waals surface area (Å²) in [6, 6.07) is 68.2. The van der Waals surface area contributed by atoms with Gasteiger partial charge in [-0.15, -0.1) is 11.3 Å². The fraction of sp³-hybridized carbons (Fsp3) is 0.0526. The summed E-state index contributed by atoms with van der Waals surface area (Å²) in [7, 11) is 0. The zero-order chi connectivity index (χ0) is 40.4. The highest BCUT2D eigenvalue weighted by Crippen LogP contribution is 2.51. The first kappa shape index (κ1) is 34.5. The van der Waals surface area contributed by atoms with E-state index in [4.69, 9.17) is 8.83 Å². The lowest BCUT2D eigenvalue weighted by molar-refractivity contribution is 0.660. The van der Waals surface area contributed by atoms with Crippen LogP contribution in [0, 0.1) is 0 Å². The minimum absolute atomic E-state index is 0.135. The summed E-state index contributed by atoms with van der Waals surface area (Å²) in [4.78, 5) is 2.40. The van der Waals surface area contributed by atoms with Gasteiger partial charge < -0.3 is 13.7 Å². The number of hydrogen-bond acceptors (Lipinski definition) is 4. The topological polar surface area (TPSA) is 29.5 Å². The van der Waals surface area contributed by atoms with E-state index in [0.717, 1.165) is 66.5 Å². The highest BCUT2D eigenvalue weighted by Gasteiger charge is 2.35. The first-order valence-electron chi connectivity index (χ1n) is 20.9. The second-order valence-electron chi connectivity index (χ2n) is 16.9. The van der Waals surface area contributed by atoms with Gasteiger partial charge in [0.2, 0.25) is 0 Å². The summed E-state index contributed by atoms with van der Waals surface area (Å²) in [6.45, 7) is 4.69. The first-order chi connectivity index (χ1) is 30.0. The third-order valence-electron chi connectivity index (χ3n) is 13.1. The summed E-state index contributed by atoms with van der Waals surface area (Å²) in [6.07, 6.45) is 0. The molecule has 0 spiro atoms. The zero-order valence-corrected chi connectivity index (χ0v) is 34.4. The van der Waals surface area contributed by atoms with Gasteiger partial charge in [-0.1, -0.05) is 123 Å². The van der Waals surface area contributed by atoms with E-state index in [1.165, 1.54) is 59.1 Å². The number of nitrogens with zero attached hydrogens (tertiary/aromatic N) is 1. The Hall–Kier alpha value is -7.40. The maximum Gasteiger partial charge on any atom is 0.136 e. The van der Waals surface area contributed by atoms with Gasteiger partial charge in [-0.2, -0.15) is 0 Å². The third-order valence-corrected chi connectivity index (χ3v) is 14.2. The van der Waals surface area contributed by atoms with Gasteiger partial charge in [0.05, 0.1) is 0 Å². The van der Waals surface area contributed by atoms with Crippen molar-refractivity contribution in [2.75, 3.05) is 4.90 Å². The Morgan fingerprint density at radius 3 is 1.87 bits per heavy atom. The Bertz CT molecular complexity index is 3740. The van der Waals surface area contributed by atoms with E-state index < -0.39 is 0 Å². The molecule has 3 nitrogen and oxygen atoms in total. The van der Waals surface area contributed by atoms with Crippen LogP contribution in [0.2, 0.25) is 0 Å². The van der Waals surface area contributed by atoms with Crippen LogP contribution in [0.1, 0.15) is 25.0 Å². The average Bonchev–Trinajstić information content (AvgIpc) is 4.03. The van der Waals surface area contributed by atoms with E-state index in [1.807, 2.05) is 17.4 Å². The fourth-order valence-electron chi connectivity index (χ4n) is 10.1. The predicted molar refractivity (Wildman–Crippen MR) is 257 cm³/mol. The SMILES string of the molecule is CC1(C)c2ccccc2-c2ccc(N(c3ccc(-c4cccc5sc6ccccc6c45)cc3)c3ccc4oc5cc6c(cc5c4c3)oc3cc(-c4ccccc4)ccc36)cc21. The minimum atomic E-state index is -0.135. The molecule has 1 aliphatic carbocycles. The number of hydrogen-bond donors (Lipinski definition) is 0. The van der Waals surface area contributed by atoms with E-state index in [0.29, 0.717) is 0 Å². The summed E-state index contributed by atoms with van der Waals surface area (Å²) < 4.78 is 15.8. The molecule has 3 heterocycles. The quantitative estimate of drug-likeness (QED) is 0.174. The smallest absolute Gasteiger partial charge is 0.136 e. The van der Waals surface area contributed by atoms with Crippen LogP contribution in [0.3, 0.4) is 0 Å². The molecule has 0 fully saturated rings. The first-order valence-corrected chi connectivity index (χ1v) is 21.7. The maximum atomic E-state index is 6.61. The molecule has 61 heavy (non-hydrogen) atoms. The van der Waals surface area contributed by atoms with Crippen molar-refractivity contribution in [2.24, 2.45) is 0 Å². The molecule has 0 N–H and O–H groups in total. The molecule has 0 saturated heterocycles. The highest BCUT2D eigenvalue weighted by molar-refractivity contribution is 7.25. The summed E-state index contributed by atoms with van der Waals surface area (Å²) >= 11 is 1.86. The molecule has 9 aromatic carbocycles. The fourth-order valence-corrected chi connectivity index (χ4v) is 11.2. The third kappa shape index (κ3) is 5.16. The number of fused-ring (bicyclic) bond motifs is 12. The van der Waals surface area contributed by atoms with Crippen LogP contribution in [0.4, 0.5) is 17.1 Å². The Morgan fingerprint density at radius 2 is 1.00 bits per heavy atom. The second kappa shape index (κ2) is 12.8. The molecular formula is C57H37NO2S. The van der Waals surface area contributed by atoms with Crippen LogP contribution in [0.25, 0.3) is 97.4 Å². The summed E-state index contributed by atoms with van der Waals surface area (Å²) in [5.74, 6) is 0. The molecule has 12 aromatic rings. The monoisotopic (exact) mass is 799 g/mol. The zero-order valence-electron chi connectivity index (χ0n) is 33.6. The number of anilines is 3. The Kier molecular flexibility index (Phi) is 7.23. The largest absolute Gasteiger partial charge is 0.456 e. The molecule has 3 aromatic heterocycles. The van der Waals surface area contributed by atoms with Crippen molar-refractivity contribution in [2.45, 2.75) is 19.3 Å². The van der Waals surface area contributed by atoms with Gasteiger partial charge in [-0.25, -0.2) is 0 Å². The van der Waals surface area contributed by atoms with Crippen LogP contribution in [-0.2, 0) is 5.41 Å². The molecule has 4 heteroatoms. The maximum absolute atomic E-state index is 6.61. The van der Waals surface area contributed by atoms with Crippen molar-refractivity contribution in [1.82, 2.24) is 0 Å². The standard InChI is InChI=1S/C57H37NO2S/c1-57(2)48-16-8-6-13-41(48)42-27-24-39(31-49(42)57)58(37-22-19-35(20-23-37)40-15-10-18-55-56(40)44-14-7-9-17-54(44)61-55)38-25-28-50-45(30-38)47-33-52-46(32-53(47)59-50)43-26-21-36(29-51(43)60-52)34-11-4-3-5-12-34/h3-33H,1-2H3. The van der Waals surface area contributed by atoms with Crippen molar-refractivity contribution in [3.63, 3.8) is 0 Å². The van der Waals surface area contributed by atoms with Crippen molar-refractivity contribution in [3.05, 3.63) is 199 Å². The second-order valence-corrected chi connectivity index (χ2v) is 17.9. The van der Waals surface area contributed by atoms with E-state index in [-0.39, 0.29) is 5.41 Å². The number of rotatable bonds is 5. The minimum Gasteiger partial charge on any atom is -0.456 e. The van der Waals surface area contributed by atoms with Gasteiger partial charge in [0, 0.05) is 64.2 Å². The van der Waals surface area contributed by atoms with Gasteiger partial charge in [-0.05, 0) is 123 Å². The van der Waals surface area contributed by atoms with Gasteiger partial charge in [0.15, 0.2) is 0 Å². The molecule has 1 aliphatic rings. The van der Waals surface area contributed by atoms with Crippen LogP contribution in [0.5, 0.6) is 0 Å². The van der Waals surface area contributed by atoms with E-state index >= 15 is 0 Å². The Balaban J connectivity index is 0.968. The molecule has 13 rings (SSSR count). The Labute approximate surface area is 356 Å². The summed E-state index contributed by atoms with van der Waals surface area (Å²) in [5.41, 5.74) is 16.6. The number of benzene rings is 9. The lowest BCUT2D eigenvalue weighted by atomic mass is 9.82. The molecule has 0 unspecified atom stereocenters. The van der Waals surface area contributed by atoms with Gasteiger partial charge in [0.25, 0.3) is 0 Å². The molecular weight excluding hydrogens is 763 g/mol. The van der Waals surface area contributed by atoms with E-state index in [2.05, 4.69) is 201 Å². The lowest BCUT2D eigenvalue weighted by Gasteiger charge is -2.28. The normalized spacial score (nSPS) is 13.2. The summed E-state index contributed by atoms with van der Waals surface area (Å²) in [5, 5.41) is 6.84. The van der Waals surface area contributed by atoms with Crippen LogP contribution < -0.4 is 4.90 Å². The Morgan fingerprint density at radius 1 is 0.377 bits per heavy atom. The van der Waals surface area contributed by atoms with Crippen molar-refractivity contribution >= 4 is 92.4 Å². The van der Waals surface area contributed by atoms with Crippen LogP contribution >= 0.6 is 11.3 Å². The van der Waals surface area contributed by atoms with Crippen molar-refractivity contribution in [1.29, 1.82) is 0 Å². The lowest BCUT2D eigenvalue weighted by Crippen LogP contribution is -2.16. The van der Waals surface area contributed by atoms with E-state index in [9.17, 15) is 0 Å². The number of furan rings is 2. The predicted octanol–water partition coefficient (Wildman–Crippen LogP) is 17.0. The number of thiophene rings is 1. The molecule has 0 atom stereocenters. The van der Waals surface area contributed by atoms with Crippen LogP contribution in [0.15, 0.2) is 197 Å². The van der Waals surface area contributed by atoms with Gasteiger partial charge >= 0.3 is 0 Å². The van der Waals surface area contributed by atoms with Crippen molar-refractivity contribution < 1.29 is 8.83 Å². The van der Waals surface area contributed by atoms with Crippen LogP contribution in [-0.4, -0.2) is 0 Å². The molecule has 0 amide bonds.